The standard InChI is InChI=1S/C17H18N4/c1-13-8-9-18-11-17(13)20-14(2)15-10-19-21(12-15)16-6-4-3-5-7-16/h3-12,14,20H,1-2H3. The molecule has 1 atom stereocenters. The van der Waals surface area contributed by atoms with Gasteiger partial charge in [-0.25, -0.2) is 4.68 Å². The first-order valence-corrected chi connectivity index (χ1v) is 7.01. The van der Waals surface area contributed by atoms with Crippen molar-refractivity contribution >= 4 is 5.69 Å². The number of rotatable bonds is 4. The summed E-state index contributed by atoms with van der Waals surface area (Å²) in [6, 6.07) is 12.3. The summed E-state index contributed by atoms with van der Waals surface area (Å²) in [4.78, 5) is 4.16. The van der Waals surface area contributed by atoms with Crippen molar-refractivity contribution < 1.29 is 0 Å². The van der Waals surface area contributed by atoms with Crippen LogP contribution in [0.3, 0.4) is 0 Å². The van der Waals surface area contributed by atoms with Crippen LogP contribution in [0.4, 0.5) is 5.69 Å². The number of hydrogen-bond donors (Lipinski definition) is 1. The Morgan fingerprint density at radius 2 is 1.90 bits per heavy atom. The van der Waals surface area contributed by atoms with E-state index >= 15 is 0 Å². The van der Waals surface area contributed by atoms with Gasteiger partial charge < -0.3 is 5.32 Å². The minimum atomic E-state index is 0.172. The van der Waals surface area contributed by atoms with Crippen molar-refractivity contribution in [3.63, 3.8) is 0 Å². The van der Waals surface area contributed by atoms with E-state index in [0.29, 0.717) is 0 Å². The normalized spacial score (nSPS) is 12.1. The molecule has 1 unspecified atom stereocenters. The highest BCUT2D eigenvalue weighted by molar-refractivity contribution is 5.49. The number of anilines is 1. The van der Waals surface area contributed by atoms with E-state index in [0.717, 1.165) is 16.9 Å². The van der Waals surface area contributed by atoms with Gasteiger partial charge in [-0.05, 0) is 37.6 Å². The van der Waals surface area contributed by atoms with Crippen LogP contribution in [0.25, 0.3) is 5.69 Å². The second kappa shape index (κ2) is 5.79. The number of hydrogen-bond acceptors (Lipinski definition) is 3. The summed E-state index contributed by atoms with van der Waals surface area (Å²) in [5.74, 6) is 0. The largest absolute Gasteiger partial charge is 0.377 e. The Morgan fingerprint density at radius 1 is 1.10 bits per heavy atom. The molecular weight excluding hydrogens is 260 g/mol. The molecule has 0 aliphatic heterocycles. The maximum atomic E-state index is 4.43. The third-order valence-electron chi connectivity index (χ3n) is 3.53. The molecule has 0 amide bonds. The molecule has 4 nitrogen and oxygen atoms in total. The Hall–Kier alpha value is -2.62. The lowest BCUT2D eigenvalue weighted by molar-refractivity contribution is 0.867. The smallest absolute Gasteiger partial charge is 0.0645 e. The van der Waals surface area contributed by atoms with Crippen molar-refractivity contribution in [2.24, 2.45) is 0 Å². The van der Waals surface area contributed by atoms with Crippen LogP contribution in [-0.4, -0.2) is 14.8 Å². The zero-order valence-corrected chi connectivity index (χ0v) is 12.2. The number of aryl methyl sites for hydroxylation is 1. The number of nitrogens with one attached hydrogen (secondary N) is 1. The van der Waals surface area contributed by atoms with E-state index in [-0.39, 0.29) is 6.04 Å². The maximum Gasteiger partial charge on any atom is 0.0645 e. The molecule has 0 aliphatic carbocycles. The van der Waals surface area contributed by atoms with Gasteiger partial charge in [0.2, 0.25) is 0 Å². The SMILES string of the molecule is Cc1ccncc1NC(C)c1cnn(-c2ccccc2)c1. The van der Waals surface area contributed by atoms with Gasteiger partial charge in [-0.3, -0.25) is 4.98 Å². The average molecular weight is 278 g/mol. The monoisotopic (exact) mass is 278 g/mol. The molecule has 0 bridgehead atoms. The molecule has 0 saturated heterocycles. The lowest BCUT2D eigenvalue weighted by Crippen LogP contribution is -2.07. The zero-order chi connectivity index (χ0) is 14.7. The third-order valence-corrected chi connectivity index (χ3v) is 3.53. The molecule has 3 aromatic rings. The maximum absolute atomic E-state index is 4.43. The van der Waals surface area contributed by atoms with Crippen LogP contribution in [0.2, 0.25) is 0 Å². The van der Waals surface area contributed by atoms with E-state index in [1.807, 2.05) is 53.5 Å². The van der Waals surface area contributed by atoms with Gasteiger partial charge in [-0.1, -0.05) is 18.2 Å². The molecule has 4 heteroatoms. The van der Waals surface area contributed by atoms with Crippen LogP contribution in [-0.2, 0) is 0 Å². The summed E-state index contributed by atoms with van der Waals surface area (Å²) < 4.78 is 1.89. The van der Waals surface area contributed by atoms with Crippen molar-refractivity contribution in [3.05, 3.63) is 72.3 Å². The first-order valence-electron chi connectivity index (χ1n) is 7.01. The Morgan fingerprint density at radius 3 is 2.67 bits per heavy atom. The highest BCUT2D eigenvalue weighted by atomic mass is 15.3. The van der Waals surface area contributed by atoms with E-state index in [1.54, 1.807) is 6.20 Å². The second-order valence-corrected chi connectivity index (χ2v) is 5.11. The van der Waals surface area contributed by atoms with Crippen LogP contribution in [0.15, 0.2) is 61.2 Å². The fourth-order valence-electron chi connectivity index (χ4n) is 2.21. The molecule has 0 saturated carbocycles. The topological polar surface area (TPSA) is 42.7 Å². The number of aromatic nitrogens is 3. The number of nitrogens with zero attached hydrogens (tertiary/aromatic N) is 3. The Kier molecular flexibility index (Phi) is 3.69. The lowest BCUT2D eigenvalue weighted by atomic mass is 10.1. The molecule has 0 aliphatic rings. The van der Waals surface area contributed by atoms with Crippen molar-refractivity contribution in [1.29, 1.82) is 0 Å². The fourth-order valence-corrected chi connectivity index (χ4v) is 2.21. The van der Waals surface area contributed by atoms with Gasteiger partial charge >= 0.3 is 0 Å². The summed E-state index contributed by atoms with van der Waals surface area (Å²) in [6.07, 6.45) is 7.61. The Balaban J connectivity index is 1.79. The van der Waals surface area contributed by atoms with Gasteiger partial charge in [0, 0.05) is 18.0 Å². The van der Waals surface area contributed by atoms with Crippen molar-refractivity contribution in [2.75, 3.05) is 5.32 Å². The minimum absolute atomic E-state index is 0.172. The lowest BCUT2D eigenvalue weighted by Gasteiger charge is -2.15. The Bertz CT molecular complexity index is 718. The number of para-hydroxylation sites is 1. The van der Waals surface area contributed by atoms with E-state index < -0.39 is 0 Å². The molecule has 2 heterocycles. The van der Waals surface area contributed by atoms with Crippen LogP contribution >= 0.6 is 0 Å². The summed E-state index contributed by atoms with van der Waals surface area (Å²) >= 11 is 0. The van der Waals surface area contributed by atoms with Crippen molar-refractivity contribution in [1.82, 2.24) is 14.8 Å². The van der Waals surface area contributed by atoms with Crippen LogP contribution in [0.1, 0.15) is 24.1 Å². The summed E-state index contributed by atoms with van der Waals surface area (Å²) in [5, 5.41) is 7.91. The van der Waals surface area contributed by atoms with Gasteiger partial charge in [0.15, 0.2) is 0 Å². The molecule has 0 fully saturated rings. The summed E-state index contributed by atoms with van der Waals surface area (Å²) in [6.45, 7) is 4.20. The fraction of sp³-hybridized carbons (Fsp3) is 0.176. The van der Waals surface area contributed by atoms with Crippen LogP contribution in [0.5, 0.6) is 0 Å². The molecule has 3 rings (SSSR count). The summed E-state index contributed by atoms with van der Waals surface area (Å²) in [5.41, 5.74) is 4.44. The quantitative estimate of drug-likeness (QED) is 0.790. The zero-order valence-electron chi connectivity index (χ0n) is 12.2. The number of benzene rings is 1. The van der Waals surface area contributed by atoms with Gasteiger partial charge in [0.25, 0.3) is 0 Å². The highest BCUT2D eigenvalue weighted by Crippen LogP contribution is 2.21. The predicted octanol–water partition coefficient (Wildman–Crippen LogP) is 3.75. The highest BCUT2D eigenvalue weighted by Gasteiger charge is 2.10. The molecule has 0 radical (unpaired) electrons. The predicted molar refractivity (Wildman–Crippen MR) is 84.6 cm³/mol. The second-order valence-electron chi connectivity index (χ2n) is 5.11. The van der Waals surface area contributed by atoms with Gasteiger partial charge in [-0.2, -0.15) is 5.10 Å². The molecular formula is C17H18N4. The molecule has 2 aromatic heterocycles. The third kappa shape index (κ3) is 2.94. The van der Waals surface area contributed by atoms with Gasteiger partial charge in [0.05, 0.1) is 29.8 Å². The molecule has 1 aromatic carbocycles. The molecule has 0 spiro atoms. The van der Waals surface area contributed by atoms with E-state index in [4.69, 9.17) is 0 Å². The average Bonchev–Trinajstić information content (AvgIpc) is 3.00. The van der Waals surface area contributed by atoms with Gasteiger partial charge in [0.1, 0.15) is 0 Å². The van der Waals surface area contributed by atoms with Crippen molar-refractivity contribution in [2.45, 2.75) is 19.9 Å². The molecule has 21 heavy (non-hydrogen) atoms. The van der Waals surface area contributed by atoms with Crippen molar-refractivity contribution in [3.8, 4) is 5.69 Å². The minimum Gasteiger partial charge on any atom is -0.377 e. The van der Waals surface area contributed by atoms with E-state index in [9.17, 15) is 0 Å². The number of pyridine rings is 1. The van der Waals surface area contributed by atoms with E-state index in [2.05, 4.69) is 35.4 Å². The first-order chi connectivity index (χ1) is 10.2. The Labute approximate surface area is 124 Å². The van der Waals surface area contributed by atoms with Gasteiger partial charge in [-0.15, -0.1) is 0 Å². The van der Waals surface area contributed by atoms with Crippen LogP contribution < -0.4 is 5.32 Å². The summed E-state index contributed by atoms with van der Waals surface area (Å²) in [7, 11) is 0. The van der Waals surface area contributed by atoms with Crippen LogP contribution in [0, 0.1) is 6.92 Å². The van der Waals surface area contributed by atoms with E-state index in [1.165, 1.54) is 5.56 Å². The first kappa shape index (κ1) is 13.4. The molecule has 1 N–H and O–H groups in total. The molecule has 106 valence electrons.